The van der Waals surface area contributed by atoms with Crippen LogP contribution in [0.2, 0.25) is 0 Å². The summed E-state index contributed by atoms with van der Waals surface area (Å²) in [4.78, 5) is 2.35. The van der Waals surface area contributed by atoms with Crippen LogP contribution in [0, 0.1) is 0 Å². The van der Waals surface area contributed by atoms with Crippen LogP contribution in [0.3, 0.4) is 0 Å². The van der Waals surface area contributed by atoms with Gasteiger partial charge in [0.15, 0.2) is 5.76 Å². The number of aromatic nitrogens is 4. The van der Waals surface area contributed by atoms with Crippen molar-refractivity contribution in [3.05, 3.63) is 23.7 Å². The Morgan fingerprint density at radius 1 is 1.38 bits per heavy atom. The maximum atomic E-state index is 5.25. The highest BCUT2D eigenvalue weighted by atomic mass is 16.5. The molecule has 0 N–H and O–H groups in total. The topological polar surface area (TPSA) is 69.2 Å². The first kappa shape index (κ1) is 12.8. The SMILES string of the molecule is COc1cc(CN2CCC(n3cc(C4CC4)nn3)C2)on1. The van der Waals surface area contributed by atoms with Gasteiger partial charge in [0, 0.05) is 31.3 Å². The molecule has 7 heteroatoms. The summed E-state index contributed by atoms with van der Waals surface area (Å²) >= 11 is 0. The molecule has 4 rings (SSSR count). The van der Waals surface area contributed by atoms with Gasteiger partial charge in [-0.25, -0.2) is 4.68 Å². The van der Waals surface area contributed by atoms with Gasteiger partial charge in [-0.15, -0.1) is 5.10 Å². The zero-order chi connectivity index (χ0) is 14.2. The summed E-state index contributed by atoms with van der Waals surface area (Å²) in [6.07, 6.45) is 5.76. The first-order chi connectivity index (χ1) is 10.3. The first-order valence-electron chi connectivity index (χ1n) is 7.45. The third kappa shape index (κ3) is 2.65. The summed E-state index contributed by atoms with van der Waals surface area (Å²) in [5.41, 5.74) is 1.16. The molecule has 1 atom stereocenters. The quantitative estimate of drug-likeness (QED) is 0.832. The van der Waals surface area contributed by atoms with E-state index < -0.39 is 0 Å². The summed E-state index contributed by atoms with van der Waals surface area (Å²) in [5, 5.41) is 12.4. The Labute approximate surface area is 122 Å². The van der Waals surface area contributed by atoms with Gasteiger partial charge in [-0.05, 0) is 24.4 Å². The van der Waals surface area contributed by atoms with Crippen LogP contribution in [0.15, 0.2) is 16.8 Å². The molecule has 0 bridgehead atoms. The smallest absolute Gasteiger partial charge is 0.254 e. The van der Waals surface area contributed by atoms with E-state index in [1.54, 1.807) is 7.11 Å². The Bertz CT molecular complexity index is 618. The van der Waals surface area contributed by atoms with Gasteiger partial charge in [0.05, 0.1) is 25.4 Å². The first-order valence-corrected chi connectivity index (χ1v) is 7.45. The lowest BCUT2D eigenvalue weighted by atomic mass is 10.2. The zero-order valence-corrected chi connectivity index (χ0v) is 12.1. The fraction of sp³-hybridized carbons (Fsp3) is 0.643. The van der Waals surface area contributed by atoms with Gasteiger partial charge in [-0.1, -0.05) is 5.21 Å². The Morgan fingerprint density at radius 2 is 2.29 bits per heavy atom. The number of methoxy groups -OCH3 is 1. The molecule has 0 spiro atoms. The van der Waals surface area contributed by atoms with Gasteiger partial charge in [0.25, 0.3) is 5.88 Å². The summed E-state index contributed by atoms with van der Waals surface area (Å²) < 4.78 is 12.3. The minimum absolute atomic E-state index is 0.412. The highest BCUT2D eigenvalue weighted by Gasteiger charge is 2.30. The molecule has 1 unspecified atom stereocenters. The van der Waals surface area contributed by atoms with Crippen molar-refractivity contribution in [2.75, 3.05) is 20.2 Å². The Balaban J connectivity index is 1.37. The molecule has 0 amide bonds. The fourth-order valence-corrected chi connectivity index (χ4v) is 2.89. The predicted octanol–water partition coefficient (Wildman–Crippen LogP) is 1.60. The molecule has 1 aliphatic carbocycles. The van der Waals surface area contributed by atoms with E-state index in [-0.39, 0.29) is 0 Å². The van der Waals surface area contributed by atoms with Crippen LogP contribution in [0.4, 0.5) is 0 Å². The Kier molecular flexibility index (Phi) is 3.14. The molecule has 0 aromatic carbocycles. The van der Waals surface area contributed by atoms with Crippen molar-refractivity contribution >= 4 is 0 Å². The molecule has 7 nitrogen and oxygen atoms in total. The summed E-state index contributed by atoms with van der Waals surface area (Å²) in [7, 11) is 1.59. The van der Waals surface area contributed by atoms with E-state index in [4.69, 9.17) is 9.26 Å². The zero-order valence-electron chi connectivity index (χ0n) is 12.1. The molecule has 1 aliphatic heterocycles. The normalized spacial score (nSPS) is 22.8. The lowest BCUT2D eigenvalue weighted by molar-refractivity contribution is 0.258. The minimum Gasteiger partial charge on any atom is -0.479 e. The van der Waals surface area contributed by atoms with Gasteiger partial charge in [0.1, 0.15) is 0 Å². The van der Waals surface area contributed by atoms with Crippen LogP contribution in [0.1, 0.15) is 42.7 Å². The molecular weight excluding hydrogens is 270 g/mol. The molecular formula is C14H19N5O2. The molecule has 2 fully saturated rings. The maximum Gasteiger partial charge on any atom is 0.254 e. The second-order valence-corrected chi connectivity index (χ2v) is 5.91. The number of ether oxygens (including phenoxy) is 1. The van der Waals surface area contributed by atoms with Gasteiger partial charge >= 0.3 is 0 Å². The van der Waals surface area contributed by atoms with Crippen LogP contribution >= 0.6 is 0 Å². The van der Waals surface area contributed by atoms with Crippen molar-refractivity contribution in [1.82, 2.24) is 25.1 Å². The maximum absolute atomic E-state index is 5.25. The highest BCUT2D eigenvalue weighted by molar-refractivity contribution is 5.11. The van der Waals surface area contributed by atoms with E-state index in [0.717, 1.165) is 37.5 Å². The second-order valence-electron chi connectivity index (χ2n) is 5.91. The van der Waals surface area contributed by atoms with Crippen LogP contribution < -0.4 is 4.74 Å². The van der Waals surface area contributed by atoms with Crippen molar-refractivity contribution < 1.29 is 9.26 Å². The summed E-state index contributed by atoms with van der Waals surface area (Å²) in [6.45, 7) is 2.76. The molecule has 0 radical (unpaired) electrons. The van der Waals surface area contributed by atoms with E-state index in [1.807, 2.05) is 10.7 Å². The second kappa shape index (κ2) is 5.14. The van der Waals surface area contributed by atoms with E-state index in [2.05, 4.69) is 26.6 Å². The van der Waals surface area contributed by atoms with Crippen LogP contribution in [-0.4, -0.2) is 45.2 Å². The van der Waals surface area contributed by atoms with Gasteiger partial charge in [-0.2, -0.15) is 0 Å². The Morgan fingerprint density at radius 3 is 3.05 bits per heavy atom. The molecule has 1 saturated carbocycles. The van der Waals surface area contributed by atoms with Crippen molar-refractivity contribution in [3.63, 3.8) is 0 Å². The van der Waals surface area contributed by atoms with E-state index >= 15 is 0 Å². The standard InChI is InChI=1S/C14H19N5O2/c1-20-14-6-12(21-16-14)8-18-5-4-11(7-18)19-9-13(15-17-19)10-2-3-10/h6,9-11H,2-5,7-8H2,1H3. The monoisotopic (exact) mass is 289 g/mol. The Hall–Kier alpha value is -1.89. The molecule has 2 aliphatic rings. The van der Waals surface area contributed by atoms with E-state index in [1.165, 1.54) is 12.8 Å². The van der Waals surface area contributed by atoms with Crippen molar-refractivity contribution in [2.24, 2.45) is 0 Å². The van der Waals surface area contributed by atoms with Gasteiger partial charge in [0.2, 0.25) is 0 Å². The molecule has 1 saturated heterocycles. The van der Waals surface area contributed by atoms with Crippen molar-refractivity contribution in [2.45, 2.75) is 37.8 Å². The minimum atomic E-state index is 0.412. The van der Waals surface area contributed by atoms with E-state index in [0.29, 0.717) is 17.8 Å². The van der Waals surface area contributed by atoms with Crippen molar-refractivity contribution in [1.29, 1.82) is 0 Å². The summed E-state index contributed by atoms with van der Waals surface area (Å²) in [6, 6.07) is 2.25. The highest BCUT2D eigenvalue weighted by Crippen LogP contribution is 2.39. The molecule has 2 aromatic rings. The largest absolute Gasteiger partial charge is 0.479 e. The lowest BCUT2D eigenvalue weighted by Crippen LogP contribution is -2.21. The van der Waals surface area contributed by atoms with Gasteiger partial charge < -0.3 is 9.26 Å². The number of likely N-dealkylation sites (tertiary alicyclic amines) is 1. The third-order valence-electron chi connectivity index (χ3n) is 4.27. The number of hydrogen-bond acceptors (Lipinski definition) is 6. The average molecular weight is 289 g/mol. The van der Waals surface area contributed by atoms with E-state index in [9.17, 15) is 0 Å². The predicted molar refractivity (Wildman–Crippen MR) is 74.0 cm³/mol. The van der Waals surface area contributed by atoms with Gasteiger partial charge in [-0.3, -0.25) is 4.90 Å². The van der Waals surface area contributed by atoms with Crippen LogP contribution in [-0.2, 0) is 6.54 Å². The number of nitrogens with zero attached hydrogens (tertiary/aromatic N) is 5. The fourth-order valence-electron chi connectivity index (χ4n) is 2.89. The lowest BCUT2D eigenvalue weighted by Gasteiger charge is -2.13. The average Bonchev–Trinajstić information content (AvgIpc) is 2.95. The van der Waals surface area contributed by atoms with Crippen LogP contribution in [0.25, 0.3) is 0 Å². The molecule has 21 heavy (non-hydrogen) atoms. The van der Waals surface area contributed by atoms with Crippen LogP contribution in [0.5, 0.6) is 5.88 Å². The molecule has 3 heterocycles. The third-order valence-corrected chi connectivity index (χ3v) is 4.27. The molecule has 112 valence electrons. The number of hydrogen-bond donors (Lipinski definition) is 0. The molecule has 2 aromatic heterocycles. The van der Waals surface area contributed by atoms with Crippen molar-refractivity contribution in [3.8, 4) is 5.88 Å². The number of rotatable bonds is 5. The summed E-state index contributed by atoms with van der Waals surface area (Å²) in [5.74, 6) is 2.04.